The van der Waals surface area contributed by atoms with E-state index in [1.54, 1.807) is 0 Å². The van der Waals surface area contributed by atoms with Gasteiger partial charge >= 0.3 is 12.1 Å². The number of rotatable bonds is 10. The van der Waals surface area contributed by atoms with E-state index in [0.717, 1.165) is 22.3 Å². The SMILES string of the molecule is CSCC[C@H](NC(=O)[C@H]1OCC[C@H]1CNC(=O)OCC1c2ccccc2-c2ccccc21)C(=O)O. The molecule has 0 spiro atoms. The average Bonchev–Trinajstić information content (AvgIpc) is 3.46. The monoisotopic (exact) mass is 498 g/mol. The summed E-state index contributed by atoms with van der Waals surface area (Å²) in [5.41, 5.74) is 4.59. The fourth-order valence-corrected chi connectivity index (χ4v) is 5.21. The molecule has 0 unspecified atom stereocenters. The van der Waals surface area contributed by atoms with Gasteiger partial charge in [0.25, 0.3) is 0 Å². The topological polar surface area (TPSA) is 114 Å². The molecule has 2 amide bonds. The van der Waals surface area contributed by atoms with Gasteiger partial charge < -0.3 is 25.2 Å². The van der Waals surface area contributed by atoms with Crippen LogP contribution in [0.4, 0.5) is 4.79 Å². The van der Waals surface area contributed by atoms with E-state index in [2.05, 4.69) is 34.9 Å². The Morgan fingerprint density at radius 3 is 2.40 bits per heavy atom. The fraction of sp³-hybridized carbons (Fsp3) is 0.423. The molecule has 3 atom stereocenters. The molecule has 1 aliphatic carbocycles. The third kappa shape index (κ3) is 5.79. The number of carboxylic acid groups (broad SMARTS) is 1. The minimum atomic E-state index is -1.07. The molecular formula is C26H30N2O6S. The van der Waals surface area contributed by atoms with E-state index in [1.807, 2.05) is 30.5 Å². The lowest BCUT2D eigenvalue weighted by atomic mass is 9.98. The summed E-state index contributed by atoms with van der Waals surface area (Å²) in [4.78, 5) is 36.6. The molecule has 0 radical (unpaired) electrons. The van der Waals surface area contributed by atoms with Crippen LogP contribution in [0.25, 0.3) is 11.1 Å². The van der Waals surface area contributed by atoms with Crippen molar-refractivity contribution in [2.75, 3.05) is 31.8 Å². The van der Waals surface area contributed by atoms with Crippen molar-refractivity contribution in [3.8, 4) is 11.1 Å². The quantitative estimate of drug-likeness (QED) is 0.461. The first-order valence-corrected chi connectivity index (χ1v) is 13.1. The molecule has 1 aliphatic heterocycles. The molecule has 2 aliphatic rings. The Hall–Kier alpha value is -3.04. The predicted octanol–water partition coefficient (Wildman–Crippen LogP) is 3.25. The van der Waals surface area contributed by atoms with Gasteiger partial charge in [0.2, 0.25) is 5.91 Å². The number of amides is 2. The first-order valence-electron chi connectivity index (χ1n) is 11.7. The number of carbonyl (C=O) groups is 3. The van der Waals surface area contributed by atoms with Crippen molar-refractivity contribution in [1.82, 2.24) is 10.6 Å². The van der Waals surface area contributed by atoms with Gasteiger partial charge in [0.05, 0.1) is 0 Å². The summed E-state index contributed by atoms with van der Waals surface area (Å²) < 4.78 is 11.1. The minimum absolute atomic E-state index is 0.0317. The Morgan fingerprint density at radius 2 is 1.77 bits per heavy atom. The molecule has 1 saturated heterocycles. The zero-order valence-electron chi connectivity index (χ0n) is 19.6. The van der Waals surface area contributed by atoms with Gasteiger partial charge in [-0.1, -0.05) is 48.5 Å². The lowest BCUT2D eigenvalue weighted by Crippen LogP contribution is -2.48. The number of alkyl carbamates (subject to hydrolysis) is 1. The number of hydrogen-bond acceptors (Lipinski definition) is 6. The maximum atomic E-state index is 12.7. The van der Waals surface area contributed by atoms with Crippen molar-refractivity contribution in [2.45, 2.75) is 30.9 Å². The number of carboxylic acids is 1. The number of carbonyl (C=O) groups excluding carboxylic acids is 2. The Balaban J connectivity index is 1.29. The molecule has 2 aromatic rings. The lowest BCUT2D eigenvalue weighted by molar-refractivity contribution is -0.144. The van der Waals surface area contributed by atoms with Crippen LogP contribution < -0.4 is 10.6 Å². The maximum absolute atomic E-state index is 12.7. The van der Waals surface area contributed by atoms with Gasteiger partial charge in [-0.2, -0.15) is 11.8 Å². The third-order valence-electron chi connectivity index (χ3n) is 6.55. The summed E-state index contributed by atoms with van der Waals surface area (Å²) in [6.07, 6.45) is 1.44. The first kappa shape index (κ1) is 25.1. The van der Waals surface area contributed by atoms with Gasteiger partial charge in [0.15, 0.2) is 0 Å². The standard InChI is InChI=1S/C26H30N2O6S/c1-35-13-11-22(25(30)31)28-24(29)23-16(10-12-33-23)14-27-26(32)34-15-21-19-8-4-2-6-17(19)18-7-3-5-9-20(18)21/h2-9,16,21-23H,10-15H2,1H3,(H,27,32)(H,28,29)(H,30,31)/t16-,22-,23-/m0/s1. The van der Waals surface area contributed by atoms with E-state index in [1.165, 1.54) is 11.8 Å². The molecule has 1 heterocycles. The van der Waals surface area contributed by atoms with Gasteiger partial charge in [0.1, 0.15) is 18.8 Å². The van der Waals surface area contributed by atoms with Crippen molar-refractivity contribution in [3.63, 3.8) is 0 Å². The molecule has 9 heteroatoms. The highest BCUT2D eigenvalue weighted by molar-refractivity contribution is 7.98. The summed E-state index contributed by atoms with van der Waals surface area (Å²) in [5.74, 6) is -1.20. The summed E-state index contributed by atoms with van der Waals surface area (Å²) in [7, 11) is 0. The van der Waals surface area contributed by atoms with Crippen molar-refractivity contribution >= 4 is 29.7 Å². The Morgan fingerprint density at radius 1 is 1.11 bits per heavy atom. The number of thioether (sulfide) groups is 1. The summed E-state index contributed by atoms with van der Waals surface area (Å²) >= 11 is 1.52. The predicted molar refractivity (Wildman–Crippen MR) is 133 cm³/mol. The van der Waals surface area contributed by atoms with Crippen LogP contribution in [-0.4, -0.2) is 67.0 Å². The molecule has 3 N–H and O–H groups in total. The number of ether oxygens (including phenoxy) is 2. The van der Waals surface area contributed by atoms with E-state index in [0.29, 0.717) is 25.2 Å². The van der Waals surface area contributed by atoms with Gasteiger partial charge in [-0.15, -0.1) is 0 Å². The molecule has 8 nitrogen and oxygen atoms in total. The van der Waals surface area contributed by atoms with Crippen LogP contribution in [0.15, 0.2) is 48.5 Å². The van der Waals surface area contributed by atoms with Crippen LogP contribution in [0.1, 0.15) is 29.9 Å². The lowest BCUT2D eigenvalue weighted by Gasteiger charge is -2.21. The van der Waals surface area contributed by atoms with Crippen LogP contribution in [0, 0.1) is 5.92 Å². The van der Waals surface area contributed by atoms with Crippen molar-refractivity contribution in [1.29, 1.82) is 0 Å². The maximum Gasteiger partial charge on any atom is 0.407 e. The highest BCUT2D eigenvalue weighted by Crippen LogP contribution is 2.44. The molecule has 0 bridgehead atoms. The van der Waals surface area contributed by atoms with E-state index in [4.69, 9.17) is 9.47 Å². The molecule has 35 heavy (non-hydrogen) atoms. The second-order valence-corrected chi connectivity index (χ2v) is 9.71. The van der Waals surface area contributed by atoms with Gasteiger partial charge in [-0.25, -0.2) is 9.59 Å². The second-order valence-electron chi connectivity index (χ2n) is 8.73. The number of fused-ring (bicyclic) bond motifs is 3. The Kier molecular flexibility index (Phi) is 8.30. The molecule has 0 aromatic heterocycles. The average molecular weight is 499 g/mol. The highest BCUT2D eigenvalue weighted by atomic mass is 32.2. The van der Waals surface area contributed by atoms with Crippen LogP contribution in [0.2, 0.25) is 0 Å². The molecule has 4 rings (SSSR count). The van der Waals surface area contributed by atoms with Crippen molar-refractivity contribution < 1.29 is 29.0 Å². The molecule has 186 valence electrons. The summed E-state index contributed by atoms with van der Waals surface area (Å²) in [5, 5.41) is 14.7. The number of benzene rings is 2. The zero-order valence-corrected chi connectivity index (χ0v) is 20.4. The normalized spacial score (nSPS) is 19.5. The van der Waals surface area contributed by atoms with Crippen molar-refractivity contribution in [2.24, 2.45) is 5.92 Å². The zero-order chi connectivity index (χ0) is 24.8. The number of aliphatic carboxylic acids is 1. The third-order valence-corrected chi connectivity index (χ3v) is 7.19. The molecule has 0 saturated carbocycles. The van der Waals surface area contributed by atoms with Crippen LogP contribution in [-0.2, 0) is 19.1 Å². The summed E-state index contributed by atoms with van der Waals surface area (Å²) in [6, 6.07) is 15.3. The molecular weight excluding hydrogens is 468 g/mol. The minimum Gasteiger partial charge on any atom is -0.480 e. The first-order chi connectivity index (χ1) is 17.0. The Bertz CT molecular complexity index is 1030. The number of nitrogens with one attached hydrogen (secondary N) is 2. The Labute approximate surface area is 208 Å². The second kappa shape index (κ2) is 11.6. The van der Waals surface area contributed by atoms with Gasteiger partial charge in [0, 0.05) is 25.0 Å². The van der Waals surface area contributed by atoms with E-state index >= 15 is 0 Å². The van der Waals surface area contributed by atoms with Gasteiger partial charge in [-0.3, -0.25) is 4.79 Å². The largest absolute Gasteiger partial charge is 0.480 e. The fourth-order valence-electron chi connectivity index (χ4n) is 4.74. The smallest absolute Gasteiger partial charge is 0.407 e. The molecule has 1 fully saturated rings. The summed E-state index contributed by atoms with van der Waals surface area (Å²) in [6.45, 7) is 0.787. The van der Waals surface area contributed by atoms with Crippen LogP contribution in [0.5, 0.6) is 0 Å². The van der Waals surface area contributed by atoms with Crippen LogP contribution >= 0.6 is 11.8 Å². The van der Waals surface area contributed by atoms with E-state index < -0.39 is 30.1 Å². The van der Waals surface area contributed by atoms with E-state index in [9.17, 15) is 19.5 Å². The van der Waals surface area contributed by atoms with Gasteiger partial charge in [-0.05, 0) is 47.1 Å². The van der Waals surface area contributed by atoms with E-state index in [-0.39, 0.29) is 25.0 Å². The highest BCUT2D eigenvalue weighted by Gasteiger charge is 2.36. The molecule has 2 aromatic carbocycles. The van der Waals surface area contributed by atoms with Crippen molar-refractivity contribution in [3.05, 3.63) is 59.7 Å². The van der Waals surface area contributed by atoms with Crippen LogP contribution in [0.3, 0.4) is 0 Å². The number of hydrogen-bond donors (Lipinski definition) is 3.